The molecule has 0 saturated heterocycles. The molecule has 6 nitrogen and oxygen atoms in total. The van der Waals surface area contributed by atoms with E-state index in [4.69, 9.17) is 0 Å². The Labute approximate surface area is 123 Å². The first-order valence-corrected chi connectivity index (χ1v) is 6.79. The van der Waals surface area contributed by atoms with E-state index in [1.807, 2.05) is 0 Å². The van der Waals surface area contributed by atoms with E-state index in [-0.39, 0.29) is 12.6 Å². The van der Waals surface area contributed by atoms with E-state index < -0.39 is 0 Å². The third-order valence-electron chi connectivity index (χ3n) is 3.13. The summed E-state index contributed by atoms with van der Waals surface area (Å²) in [6, 6.07) is 6.93. The second-order valence-electron chi connectivity index (χ2n) is 5.19. The molecule has 0 aliphatic heterocycles. The van der Waals surface area contributed by atoms with E-state index >= 15 is 0 Å². The summed E-state index contributed by atoms with van der Waals surface area (Å²) in [5, 5.41) is 17.5. The molecule has 21 heavy (non-hydrogen) atoms. The molecular formula is C15H19N3O3. The maximum atomic E-state index is 11.4. The zero-order chi connectivity index (χ0) is 15.4. The lowest BCUT2D eigenvalue weighted by Gasteiger charge is -2.10. The summed E-state index contributed by atoms with van der Waals surface area (Å²) in [4.78, 5) is 11.4. The largest absolute Gasteiger partial charge is 0.465 e. The van der Waals surface area contributed by atoms with Crippen LogP contribution in [0.2, 0.25) is 0 Å². The molecule has 0 amide bonds. The standard InChI is InChI=1S/C15H19N3O3/c1-10(2)8-14-13(9-19)16-17-18(14)12-6-4-11(5-7-12)15(20)21-3/h4-7,10,19H,8-9H2,1-3H3. The Morgan fingerprint density at radius 3 is 2.52 bits per heavy atom. The highest BCUT2D eigenvalue weighted by molar-refractivity contribution is 5.89. The van der Waals surface area contributed by atoms with Crippen molar-refractivity contribution in [2.75, 3.05) is 7.11 Å². The highest BCUT2D eigenvalue weighted by atomic mass is 16.5. The summed E-state index contributed by atoms with van der Waals surface area (Å²) in [5.41, 5.74) is 2.75. The predicted octanol–water partition coefficient (Wildman–Crippen LogP) is 1.74. The molecule has 1 aromatic carbocycles. The van der Waals surface area contributed by atoms with Gasteiger partial charge in [-0.1, -0.05) is 19.1 Å². The average molecular weight is 289 g/mol. The minimum Gasteiger partial charge on any atom is -0.465 e. The lowest BCUT2D eigenvalue weighted by Crippen LogP contribution is -2.08. The van der Waals surface area contributed by atoms with Gasteiger partial charge in [-0.15, -0.1) is 5.10 Å². The molecule has 2 rings (SSSR count). The van der Waals surface area contributed by atoms with Crippen LogP contribution in [0.3, 0.4) is 0 Å². The monoisotopic (exact) mass is 289 g/mol. The Morgan fingerprint density at radius 1 is 1.33 bits per heavy atom. The fourth-order valence-corrected chi connectivity index (χ4v) is 2.11. The van der Waals surface area contributed by atoms with Crippen molar-refractivity contribution < 1.29 is 14.6 Å². The van der Waals surface area contributed by atoms with E-state index in [0.29, 0.717) is 17.2 Å². The molecule has 0 aliphatic carbocycles. The van der Waals surface area contributed by atoms with Crippen molar-refractivity contribution in [3.05, 3.63) is 41.2 Å². The van der Waals surface area contributed by atoms with Gasteiger partial charge in [-0.25, -0.2) is 9.48 Å². The van der Waals surface area contributed by atoms with Gasteiger partial charge in [-0.05, 0) is 36.6 Å². The number of methoxy groups -OCH3 is 1. The lowest BCUT2D eigenvalue weighted by atomic mass is 10.1. The van der Waals surface area contributed by atoms with Crippen LogP contribution in [0.1, 0.15) is 35.6 Å². The summed E-state index contributed by atoms with van der Waals surface area (Å²) in [6.07, 6.45) is 0.766. The maximum Gasteiger partial charge on any atom is 0.337 e. The Hall–Kier alpha value is -2.21. The van der Waals surface area contributed by atoms with Gasteiger partial charge < -0.3 is 9.84 Å². The number of carbonyl (C=O) groups is 1. The summed E-state index contributed by atoms with van der Waals surface area (Å²) in [6.45, 7) is 4.06. The smallest absolute Gasteiger partial charge is 0.337 e. The number of hydrogen-bond donors (Lipinski definition) is 1. The van der Waals surface area contributed by atoms with E-state index in [1.54, 1.807) is 28.9 Å². The van der Waals surface area contributed by atoms with Gasteiger partial charge in [0.2, 0.25) is 0 Å². The third-order valence-corrected chi connectivity index (χ3v) is 3.13. The van der Waals surface area contributed by atoms with Gasteiger partial charge in [0, 0.05) is 0 Å². The van der Waals surface area contributed by atoms with E-state index in [2.05, 4.69) is 28.9 Å². The second-order valence-corrected chi connectivity index (χ2v) is 5.19. The van der Waals surface area contributed by atoms with E-state index in [0.717, 1.165) is 17.8 Å². The van der Waals surface area contributed by atoms with Gasteiger partial charge in [0.1, 0.15) is 5.69 Å². The lowest BCUT2D eigenvalue weighted by molar-refractivity contribution is 0.0600. The topological polar surface area (TPSA) is 77.2 Å². The number of aliphatic hydroxyl groups is 1. The number of hydrogen-bond acceptors (Lipinski definition) is 5. The number of ether oxygens (including phenoxy) is 1. The summed E-state index contributed by atoms with van der Waals surface area (Å²) in [7, 11) is 1.35. The minimum atomic E-state index is -0.376. The van der Waals surface area contributed by atoms with Crippen LogP contribution in [0.25, 0.3) is 5.69 Å². The number of benzene rings is 1. The molecule has 0 bridgehead atoms. The fraction of sp³-hybridized carbons (Fsp3) is 0.400. The zero-order valence-electron chi connectivity index (χ0n) is 12.4. The molecule has 6 heteroatoms. The highest BCUT2D eigenvalue weighted by Crippen LogP contribution is 2.17. The van der Waals surface area contributed by atoms with E-state index in [1.165, 1.54) is 7.11 Å². The van der Waals surface area contributed by atoms with Gasteiger partial charge in [0.15, 0.2) is 0 Å². The van der Waals surface area contributed by atoms with Crippen molar-refractivity contribution in [2.24, 2.45) is 5.92 Å². The SMILES string of the molecule is COC(=O)c1ccc(-n2nnc(CO)c2CC(C)C)cc1. The Balaban J connectivity index is 2.37. The number of aromatic nitrogens is 3. The number of aliphatic hydroxyl groups excluding tert-OH is 1. The van der Waals surface area contributed by atoms with Crippen molar-refractivity contribution in [1.82, 2.24) is 15.0 Å². The van der Waals surface area contributed by atoms with Crippen molar-refractivity contribution in [3.8, 4) is 5.69 Å². The first-order valence-electron chi connectivity index (χ1n) is 6.79. The quantitative estimate of drug-likeness (QED) is 0.848. The third kappa shape index (κ3) is 3.28. The van der Waals surface area contributed by atoms with Crippen LogP contribution in [0.15, 0.2) is 24.3 Å². The first-order chi connectivity index (χ1) is 10.1. The molecule has 112 valence electrons. The molecule has 1 aromatic heterocycles. The molecule has 1 heterocycles. The summed E-state index contributed by atoms with van der Waals surface area (Å²) >= 11 is 0. The van der Waals surface area contributed by atoms with Crippen LogP contribution in [0.4, 0.5) is 0 Å². The first kappa shape index (κ1) is 15.2. The molecular weight excluding hydrogens is 270 g/mol. The molecule has 1 N–H and O–H groups in total. The zero-order valence-corrected chi connectivity index (χ0v) is 12.4. The molecule has 2 aromatic rings. The van der Waals surface area contributed by atoms with Crippen molar-refractivity contribution >= 4 is 5.97 Å². The minimum absolute atomic E-state index is 0.137. The molecule has 0 saturated carbocycles. The maximum absolute atomic E-state index is 11.4. The number of carbonyl (C=O) groups excluding carboxylic acids is 1. The van der Waals surface area contributed by atoms with Crippen molar-refractivity contribution in [1.29, 1.82) is 0 Å². The normalized spacial score (nSPS) is 10.9. The Kier molecular flexibility index (Phi) is 4.70. The molecule has 0 radical (unpaired) electrons. The number of rotatable bonds is 5. The molecule has 0 atom stereocenters. The number of nitrogens with zero attached hydrogens (tertiary/aromatic N) is 3. The van der Waals surface area contributed by atoms with Gasteiger partial charge in [-0.3, -0.25) is 0 Å². The summed E-state index contributed by atoms with van der Waals surface area (Å²) in [5.74, 6) is 0.0421. The van der Waals surface area contributed by atoms with Gasteiger partial charge in [0.05, 0.1) is 30.7 Å². The van der Waals surface area contributed by atoms with Crippen LogP contribution >= 0.6 is 0 Å². The van der Waals surface area contributed by atoms with Crippen molar-refractivity contribution in [3.63, 3.8) is 0 Å². The molecule has 0 unspecified atom stereocenters. The molecule has 0 spiro atoms. The van der Waals surface area contributed by atoms with Crippen LogP contribution in [-0.4, -0.2) is 33.2 Å². The van der Waals surface area contributed by atoms with Crippen molar-refractivity contribution in [2.45, 2.75) is 26.9 Å². The van der Waals surface area contributed by atoms with Gasteiger partial charge >= 0.3 is 5.97 Å². The average Bonchev–Trinajstić information content (AvgIpc) is 2.88. The highest BCUT2D eigenvalue weighted by Gasteiger charge is 2.15. The van der Waals surface area contributed by atoms with Gasteiger partial charge in [0.25, 0.3) is 0 Å². The van der Waals surface area contributed by atoms with Gasteiger partial charge in [-0.2, -0.15) is 0 Å². The van der Waals surface area contributed by atoms with Crippen LogP contribution in [0.5, 0.6) is 0 Å². The van der Waals surface area contributed by atoms with E-state index in [9.17, 15) is 9.90 Å². The molecule has 0 fully saturated rings. The van der Waals surface area contributed by atoms with Crippen LogP contribution < -0.4 is 0 Å². The molecule has 0 aliphatic rings. The van der Waals surface area contributed by atoms with Crippen LogP contribution in [0, 0.1) is 5.92 Å². The second kappa shape index (κ2) is 6.49. The number of esters is 1. The Morgan fingerprint density at radius 2 is 2.00 bits per heavy atom. The van der Waals surface area contributed by atoms with Crippen LogP contribution in [-0.2, 0) is 17.8 Å². The summed E-state index contributed by atoms with van der Waals surface area (Å²) < 4.78 is 6.37. The fourth-order valence-electron chi connectivity index (χ4n) is 2.11. The predicted molar refractivity (Wildman–Crippen MR) is 77.2 cm³/mol. The Bertz CT molecular complexity index is 618.